The largest absolute Gasteiger partial charge is 0.471 e. The lowest BCUT2D eigenvalue weighted by Gasteiger charge is -2.10. The molecule has 0 unspecified atom stereocenters. The number of amides is 1. The highest BCUT2D eigenvalue weighted by atomic mass is 31.2. The second kappa shape index (κ2) is 7.29. The van der Waals surface area contributed by atoms with Gasteiger partial charge in [0.2, 0.25) is 5.95 Å². The highest BCUT2D eigenvalue weighted by Crippen LogP contribution is 2.37. The molecular weight excluding hydrogens is 377 g/mol. The Morgan fingerprint density at radius 1 is 1.11 bits per heavy atom. The zero-order valence-corrected chi connectivity index (χ0v) is 14.5. The fourth-order valence-electron chi connectivity index (χ4n) is 2.48. The Labute approximate surface area is 152 Å². The van der Waals surface area contributed by atoms with E-state index in [1.807, 2.05) is 5.32 Å². The van der Waals surface area contributed by atoms with E-state index >= 15 is 0 Å². The Morgan fingerprint density at radius 3 is 2.44 bits per heavy atom. The molecule has 0 saturated heterocycles. The highest BCUT2D eigenvalue weighted by Gasteiger charge is 2.19. The van der Waals surface area contributed by atoms with E-state index in [9.17, 15) is 14.2 Å². The van der Waals surface area contributed by atoms with Gasteiger partial charge in [0.05, 0.1) is 11.0 Å². The van der Waals surface area contributed by atoms with Gasteiger partial charge in [0.25, 0.3) is 0 Å². The average Bonchev–Trinajstić information content (AvgIpc) is 2.94. The first-order valence-corrected chi connectivity index (χ1v) is 9.08. The van der Waals surface area contributed by atoms with Gasteiger partial charge in [-0.3, -0.25) is 19.2 Å². The average molecular weight is 391 g/mol. The van der Waals surface area contributed by atoms with Gasteiger partial charge in [-0.1, -0.05) is 30.3 Å². The number of rotatable bonds is 6. The van der Waals surface area contributed by atoms with E-state index in [2.05, 4.69) is 9.51 Å². The molecule has 1 aromatic heterocycles. The molecule has 3 aromatic rings. The van der Waals surface area contributed by atoms with Crippen molar-refractivity contribution in [1.29, 1.82) is 0 Å². The highest BCUT2D eigenvalue weighted by molar-refractivity contribution is 7.46. The number of ketones is 1. The van der Waals surface area contributed by atoms with Gasteiger partial charge in [0, 0.05) is 11.1 Å². The number of carboxylic acid groups (broad SMARTS) is 1. The van der Waals surface area contributed by atoms with Crippen LogP contribution >= 0.6 is 7.82 Å². The van der Waals surface area contributed by atoms with Crippen molar-refractivity contribution >= 4 is 36.7 Å². The number of carbonyl (C=O) groups is 2. The van der Waals surface area contributed by atoms with Crippen molar-refractivity contribution in [3.63, 3.8) is 0 Å². The molecule has 11 heteroatoms. The number of phosphoric ester groups is 1. The third kappa shape index (κ3) is 4.39. The number of phosphoric acid groups is 1. The van der Waals surface area contributed by atoms with Crippen molar-refractivity contribution in [3.8, 4) is 0 Å². The maximum atomic E-state index is 12.5. The number of fused-ring (bicyclic) bond motifs is 1. The summed E-state index contributed by atoms with van der Waals surface area (Å²) in [4.78, 5) is 45.3. The second-order valence-electron chi connectivity index (χ2n) is 5.44. The number of benzene rings is 2. The summed E-state index contributed by atoms with van der Waals surface area (Å²) in [6.07, 6.45) is -1.41. The summed E-state index contributed by atoms with van der Waals surface area (Å²) < 4.78 is 16.5. The molecule has 3 rings (SSSR count). The van der Waals surface area contributed by atoms with Crippen LogP contribution in [0.4, 0.5) is 10.7 Å². The lowest BCUT2D eigenvalue weighted by molar-refractivity contribution is 0.103. The third-order valence-corrected chi connectivity index (χ3v) is 4.07. The summed E-state index contributed by atoms with van der Waals surface area (Å²) in [5.41, 5.74) is 1.40. The van der Waals surface area contributed by atoms with Crippen LogP contribution in [0.1, 0.15) is 15.9 Å². The van der Waals surface area contributed by atoms with Crippen LogP contribution in [0.3, 0.4) is 0 Å². The summed E-state index contributed by atoms with van der Waals surface area (Å²) in [7, 11) is -4.78. The van der Waals surface area contributed by atoms with E-state index in [0.29, 0.717) is 16.6 Å². The first kappa shape index (κ1) is 18.7. The molecule has 0 fully saturated rings. The molecule has 0 aliphatic carbocycles. The molecule has 0 atom stereocenters. The fraction of sp³-hybridized carbons (Fsp3) is 0.0625. The molecule has 0 aliphatic heterocycles. The minimum atomic E-state index is -4.78. The topological polar surface area (TPSA) is 151 Å². The molecule has 0 bridgehead atoms. The second-order valence-corrected chi connectivity index (χ2v) is 6.68. The predicted octanol–water partition coefficient (Wildman–Crippen LogP) is 2.42. The van der Waals surface area contributed by atoms with Gasteiger partial charge in [-0.2, -0.15) is 0 Å². The van der Waals surface area contributed by atoms with Crippen molar-refractivity contribution in [1.82, 2.24) is 9.55 Å². The number of nitrogens with one attached hydrogen (secondary N) is 1. The van der Waals surface area contributed by atoms with E-state index in [4.69, 9.17) is 14.9 Å². The number of hydrogen-bond acceptors (Lipinski definition) is 5. The standard InChI is InChI=1S/C16H14N3O7P/c20-14(10-4-2-1-3-5-10)11-6-7-13-12(8-11)17-15(18-16(21)22)19(13)9-26-27(23,24)25/h1-8H,9H2,(H,17,18)(H,21,22)(H2,23,24,25). The maximum Gasteiger partial charge on any atom is 0.471 e. The van der Waals surface area contributed by atoms with Crippen LogP contribution in [0.15, 0.2) is 48.5 Å². The van der Waals surface area contributed by atoms with Crippen LogP contribution in [0.2, 0.25) is 0 Å². The molecule has 0 aliphatic rings. The Kier molecular flexibility index (Phi) is 5.06. The Bertz CT molecular complexity index is 1060. The van der Waals surface area contributed by atoms with Gasteiger partial charge in [-0.15, -0.1) is 0 Å². The summed E-state index contributed by atoms with van der Waals surface area (Å²) in [6.45, 7) is -0.637. The zero-order chi connectivity index (χ0) is 19.6. The van der Waals surface area contributed by atoms with Gasteiger partial charge in [0.1, 0.15) is 6.73 Å². The van der Waals surface area contributed by atoms with Crippen LogP contribution in [0.25, 0.3) is 11.0 Å². The van der Waals surface area contributed by atoms with Crippen molar-refractivity contribution < 1.29 is 33.6 Å². The molecule has 0 saturated carbocycles. The Balaban J connectivity index is 2.02. The van der Waals surface area contributed by atoms with E-state index < -0.39 is 20.6 Å². The quantitative estimate of drug-likeness (QED) is 0.369. The third-order valence-electron chi connectivity index (χ3n) is 3.62. The maximum absolute atomic E-state index is 12.5. The normalized spacial score (nSPS) is 11.5. The number of anilines is 1. The minimum absolute atomic E-state index is 0.199. The predicted molar refractivity (Wildman–Crippen MR) is 94.4 cm³/mol. The minimum Gasteiger partial charge on any atom is -0.465 e. The van der Waals surface area contributed by atoms with Crippen molar-refractivity contribution in [2.24, 2.45) is 0 Å². The van der Waals surface area contributed by atoms with E-state index in [1.165, 1.54) is 18.2 Å². The van der Waals surface area contributed by atoms with Crippen molar-refractivity contribution in [2.75, 3.05) is 5.32 Å². The van der Waals surface area contributed by atoms with Crippen LogP contribution < -0.4 is 5.32 Å². The fourth-order valence-corrected chi connectivity index (χ4v) is 2.75. The number of aromatic nitrogens is 2. The Hall–Kier alpha value is -3.04. The molecule has 2 aromatic carbocycles. The first-order chi connectivity index (χ1) is 12.7. The smallest absolute Gasteiger partial charge is 0.465 e. The zero-order valence-electron chi connectivity index (χ0n) is 13.6. The molecule has 0 spiro atoms. The molecule has 10 nitrogen and oxygen atoms in total. The monoisotopic (exact) mass is 391 g/mol. The SMILES string of the molecule is O=C(O)Nc1nc2cc(C(=O)c3ccccc3)ccc2n1COP(=O)(O)O. The molecule has 27 heavy (non-hydrogen) atoms. The van der Waals surface area contributed by atoms with Crippen LogP contribution in [0, 0.1) is 0 Å². The van der Waals surface area contributed by atoms with Crippen LogP contribution in [-0.4, -0.2) is 36.3 Å². The van der Waals surface area contributed by atoms with E-state index in [0.717, 1.165) is 4.57 Å². The van der Waals surface area contributed by atoms with Gasteiger partial charge in [-0.25, -0.2) is 14.3 Å². The van der Waals surface area contributed by atoms with Gasteiger partial charge >= 0.3 is 13.9 Å². The number of imidazole rings is 1. The molecule has 1 heterocycles. The van der Waals surface area contributed by atoms with Crippen molar-refractivity contribution in [2.45, 2.75) is 6.73 Å². The first-order valence-electron chi connectivity index (χ1n) is 7.55. The Morgan fingerprint density at radius 2 is 1.81 bits per heavy atom. The molecule has 0 radical (unpaired) electrons. The van der Waals surface area contributed by atoms with Crippen LogP contribution in [-0.2, 0) is 15.8 Å². The molecule has 1 amide bonds. The van der Waals surface area contributed by atoms with Crippen LogP contribution in [0.5, 0.6) is 0 Å². The van der Waals surface area contributed by atoms with E-state index in [1.54, 1.807) is 30.3 Å². The number of carbonyl (C=O) groups excluding carboxylic acids is 1. The van der Waals surface area contributed by atoms with E-state index in [-0.39, 0.29) is 17.2 Å². The van der Waals surface area contributed by atoms with Gasteiger partial charge in [0.15, 0.2) is 5.78 Å². The summed E-state index contributed by atoms with van der Waals surface area (Å²) in [5.74, 6) is -0.443. The van der Waals surface area contributed by atoms with Gasteiger partial charge in [-0.05, 0) is 18.2 Å². The summed E-state index contributed by atoms with van der Waals surface area (Å²) >= 11 is 0. The lowest BCUT2D eigenvalue weighted by Crippen LogP contribution is -2.13. The summed E-state index contributed by atoms with van der Waals surface area (Å²) in [6, 6.07) is 13.0. The van der Waals surface area contributed by atoms with Gasteiger partial charge < -0.3 is 14.9 Å². The molecular formula is C16H14N3O7P. The molecule has 4 N–H and O–H groups in total. The summed E-state index contributed by atoms with van der Waals surface area (Å²) in [5, 5.41) is 11.0. The lowest BCUT2D eigenvalue weighted by atomic mass is 10.0. The number of hydrogen-bond donors (Lipinski definition) is 4. The number of nitrogens with zero attached hydrogens (tertiary/aromatic N) is 2. The van der Waals surface area contributed by atoms with Crippen molar-refractivity contribution in [3.05, 3.63) is 59.7 Å². The molecule has 140 valence electrons.